The lowest BCUT2D eigenvalue weighted by molar-refractivity contribution is 0.317. The molecule has 4 rings (SSSR count). The van der Waals surface area contributed by atoms with E-state index >= 15 is 0 Å². The highest BCUT2D eigenvalue weighted by Crippen LogP contribution is 2.47. The molecule has 4 radical (unpaired) electrons. The fraction of sp³-hybridized carbons (Fsp3) is 0.840. The largest absolute Gasteiger partial charge is 0.0533 e. The summed E-state index contributed by atoms with van der Waals surface area (Å²) in [5.74, 6) is 9.79. The van der Waals surface area contributed by atoms with Gasteiger partial charge in [-0.25, -0.2) is 0 Å². The molecule has 4 fully saturated rings. The van der Waals surface area contributed by atoms with Crippen LogP contribution in [-0.2, 0) is 0 Å². The molecule has 0 nitrogen and oxygen atoms in total. The van der Waals surface area contributed by atoms with E-state index in [1.165, 1.54) is 122 Å². The lowest BCUT2D eigenvalue weighted by atomic mass is 9.67. The molecule has 0 N–H and O–H groups in total. The van der Waals surface area contributed by atoms with E-state index in [1.807, 2.05) is 23.7 Å². The molecule has 0 spiro atoms. The summed E-state index contributed by atoms with van der Waals surface area (Å²) in [4.78, 5) is 0. The monoisotopic (exact) mass is 340 g/mol. The molecule has 0 atom stereocenters. The third kappa shape index (κ3) is 5.04. The van der Waals surface area contributed by atoms with Gasteiger partial charge in [-0.15, -0.1) is 0 Å². The standard InChI is InChI=1S/C25H40/c1-3-7-22(8-4-1)24-15-11-20(12-16-24)19-21-13-17-25(18-14-21)23-9-5-2-6-10-23/h22-23H,1-19H2. The maximum atomic E-state index is 1.96. The van der Waals surface area contributed by atoms with Crippen LogP contribution < -0.4 is 0 Å². The van der Waals surface area contributed by atoms with Crippen LogP contribution in [0.4, 0.5) is 0 Å². The van der Waals surface area contributed by atoms with Gasteiger partial charge in [0.05, 0.1) is 0 Å². The van der Waals surface area contributed by atoms with Crippen LogP contribution in [0.25, 0.3) is 0 Å². The minimum Gasteiger partial charge on any atom is -0.0533 e. The summed E-state index contributed by atoms with van der Waals surface area (Å²) in [6, 6.07) is 0. The first-order valence-corrected chi connectivity index (χ1v) is 11.7. The van der Waals surface area contributed by atoms with E-state index in [0.717, 1.165) is 11.8 Å². The van der Waals surface area contributed by atoms with Crippen LogP contribution in [0.2, 0.25) is 0 Å². The Kier molecular flexibility index (Phi) is 6.81. The quantitative estimate of drug-likeness (QED) is 0.486. The van der Waals surface area contributed by atoms with Gasteiger partial charge in [-0.05, 0) is 119 Å². The molecular formula is C25H40. The highest BCUT2D eigenvalue weighted by molar-refractivity contribution is 5.16. The van der Waals surface area contributed by atoms with Gasteiger partial charge in [-0.1, -0.05) is 38.5 Å². The van der Waals surface area contributed by atoms with Gasteiger partial charge in [-0.2, -0.15) is 0 Å². The van der Waals surface area contributed by atoms with Gasteiger partial charge in [0.2, 0.25) is 0 Å². The summed E-state index contributed by atoms with van der Waals surface area (Å²) >= 11 is 0. The van der Waals surface area contributed by atoms with Crippen LogP contribution in [0.3, 0.4) is 0 Å². The molecule has 4 aliphatic rings. The average Bonchev–Trinajstić information content (AvgIpc) is 2.71. The third-order valence-corrected chi connectivity index (χ3v) is 8.06. The minimum absolute atomic E-state index is 1.02. The molecule has 25 heavy (non-hydrogen) atoms. The van der Waals surface area contributed by atoms with Gasteiger partial charge in [0.25, 0.3) is 0 Å². The topological polar surface area (TPSA) is 0 Å². The molecule has 0 unspecified atom stereocenters. The van der Waals surface area contributed by atoms with Crippen molar-refractivity contribution in [2.24, 2.45) is 11.8 Å². The summed E-state index contributed by atoms with van der Waals surface area (Å²) in [6.45, 7) is 0. The molecule has 0 aromatic rings. The van der Waals surface area contributed by atoms with E-state index in [0.29, 0.717) is 0 Å². The van der Waals surface area contributed by atoms with Crippen molar-refractivity contribution in [2.45, 2.75) is 122 Å². The second-order valence-corrected chi connectivity index (χ2v) is 9.66. The molecular weight excluding hydrogens is 300 g/mol. The van der Waals surface area contributed by atoms with Crippen molar-refractivity contribution in [1.29, 1.82) is 0 Å². The third-order valence-electron chi connectivity index (χ3n) is 8.06. The fourth-order valence-corrected chi connectivity index (χ4v) is 6.39. The zero-order chi connectivity index (χ0) is 16.9. The maximum absolute atomic E-state index is 1.96. The van der Waals surface area contributed by atoms with Crippen molar-refractivity contribution in [3.8, 4) is 0 Å². The summed E-state index contributed by atoms with van der Waals surface area (Å²) in [5, 5.41) is 0. The number of rotatable bonds is 4. The number of hydrogen-bond donors (Lipinski definition) is 0. The Morgan fingerprint density at radius 3 is 1.16 bits per heavy atom. The molecule has 0 aromatic heterocycles. The summed E-state index contributed by atoms with van der Waals surface area (Å²) in [5.41, 5.74) is 0. The van der Waals surface area contributed by atoms with Crippen molar-refractivity contribution in [2.75, 3.05) is 0 Å². The average molecular weight is 341 g/mol. The normalized spacial score (nSPS) is 30.7. The Labute approximate surface area is 157 Å². The second kappa shape index (κ2) is 9.27. The minimum atomic E-state index is 1.02. The molecule has 4 aliphatic carbocycles. The Morgan fingerprint density at radius 1 is 0.440 bits per heavy atom. The number of hydrogen-bond acceptors (Lipinski definition) is 0. The van der Waals surface area contributed by atoms with E-state index < -0.39 is 0 Å². The lowest BCUT2D eigenvalue weighted by Crippen LogP contribution is -2.24. The molecule has 0 aliphatic heterocycles. The van der Waals surface area contributed by atoms with Crippen LogP contribution in [0.1, 0.15) is 122 Å². The Balaban J connectivity index is 1.14. The maximum Gasteiger partial charge on any atom is -0.0210 e. The zero-order valence-corrected chi connectivity index (χ0v) is 16.6. The van der Waals surface area contributed by atoms with Crippen LogP contribution in [-0.4, -0.2) is 0 Å². The lowest BCUT2D eigenvalue weighted by Gasteiger charge is -2.38. The van der Waals surface area contributed by atoms with Crippen molar-refractivity contribution < 1.29 is 0 Å². The molecule has 4 saturated carbocycles. The summed E-state index contributed by atoms with van der Waals surface area (Å²) in [6.07, 6.45) is 28.0. The van der Waals surface area contributed by atoms with Crippen molar-refractivity contribution in [3.63, 3.8) is 0 Å². The first-order valence-electron chi connectivity index (χ1n) is 11.7. The first-order chi connectivity index (χ1) is 12.4. The molecule has 140 valence electrons. The Morgan fingerprint density at radius 2 is 0.800 bits per heavy atom. The van der Waals surface area contributed by atoms with Gasteiger partial charge in [0.15, 0.2) is 0 Å². The molecule has 0 amide bonds. The van der Waals surface area contributed by atoms with Crippen molar-refractivity contribution in [3.05, 3.63) is 23.7 Å². The summed E-state index contributed by atoms with van der Waals surface area (Å²) < 4.78 is 0. The highest BCUT2D eigenvalue weighted by atomic mass is 14.4. The smallest absolute Gasteiger partial charge is 0.0210 e. The molecule has 0 bridgehead atoms. The van der Waals surface area contributed by atoms with E-state index in [9.17, 15) is 0 Å². The van der Waals surface area contributed by atoms with E-state index in [-0.39, 0.29) is 0 Å². The molecule has 0 heteroatoms. The Bertz CT molecular complexity index is 321. The van der Waals surface area contributed by atoms with Gasteiger partial charge in [-0.3, -0.25) is 0 Å². The van der Waals surface area contributed by atoms with Gasteiger partial charge in [0, 0.05) is 0 Å². The van der Waals surface area contributed by atoms with Crippen molar-refractivity contribution in [1.82, 2.24) is 0 Å². The molecule has 0 heterocycles. The fourth-order valence-electron chi connectivity index (χ4n) is 6.39. The SMILES string of the molecule is C1CCC([C]2CC[C](C[C]3CC[C](C4CCCCC4)CC3)CC2)CC1. The predicted octanol–water partition coefficient (Wildman–Crippen LogP) is 7.98. The van der Waals surface area contributed by atoms with Crippen LogP contribution >= 0.6 is 0 Å². The second-order valence-electron chi connectivity index (χ2n) is 9.66. The molecule has 0 aromatic carbocycles. The zero-order valence-electron chi connectivity index (χ0n) is 16.6. The summed E-state index contributed by atoms with van der Waals surface area (Å²) in [7, 11) is 0. The van der Waals surface area contributed by atoms with Gasteiger partial charge in [0.1, 0.15) is 0 Å². The van der Waals surface area contributed by atoms with Crippen molar-refractivity contribution >= 4 is 0 Å². The van der Waals surface area contributed by atoms with E-state index in [1.54, 1.807) is 0 Å². The van der Waals surface area contributed by atoms with Gasteiger partial charge < -0.3 is 0 Å². The predicted molar refractivity (Wildman–Crippen MR) is 108 cm³/mol. The van der Waals surface area contributed by atoms with E-state index in [4.69, 9.17) is 0 Å². The van der Waals surface area contributed by atoms with E-state index in [2.05, 4.69) is 0 Å². The van der Waals surface area contributed by atoms with Crippen LogP contribution in [0.15, 0.2) is 0 Å². The van der Waals surface area contributed by atoms with Crippen LogP contribution in [0, 0.1) is 35.5 Å². The molecule has 0 saturated heterocycles. The Hall–Kier alpha value is 0. The highest BCUT2D eigenvalue weighted by Gasteiger charge is 2.33. The van der Waals surface area contributed by atoms with Gasteiger partial charge >= 0.3 is 0 Å². The van der Waals surface area contributed by atoms with Crippen LogP contribution in [0.5, 0.6) is 0 Å². The first kappa shape index (κ1) is 18.4.